The van der Waals surface area contributed by atoms with Crippen LogP contribution in [0.3, 0.4) is 0 Å². The van der Waals surface area contributed by atoms with Gasteiger partial charge in [0.05, 0.1) is 0 Å². The van der Waals surface area contributed by atoms with E-state index in [-0.39, 0.29) is 6.61 Å². The topological polar surface area (TPSA) is 64.6 Å². The molecule has 1 N–H and O–H groups in total. The van der Waals surface area contributed by atoms with Crippen LogP contribution in [0.5, 0.6) is 0 Å². The third-order valence-corrected chi connectivity index (χ3v) is 2.88. The normalized spacial score (nSPS) is 12.4. The second kappa shape index (κ2) is 8.68. The Kier molecular flexibility index (Phi) is 7.24. The van der Waals surface area contributed by atoms with E-state index in [0.717, 1.165) is 5.56 Å². The standard InChI is InChI=1S/C16H23NO4S/c1-16(2,3)21-15(19)17-13(9-10-22)14(18)20-11-12-7-5-4-6-8-12/h4-8,13,22H,9-11H2,1-3H3,(H,17,19)/t13-/m0/s1. The van der Waals surface area contributed by atoms with Gasteiger partial charge in [-0.25, -0.2) is 9.59 Å². The van der Waals surface area contributed by atoms with Crippen molar-refractivity contribution in [1.82, 2.24) is 5.32 Å². The highest BCUT2D eigenvalue weighted by Crippen LogP contribution is 2.09. The number of esters is 1. The molecule has 0 aliphatic heterocycles. The van der Waals surface area contributed by atoms with E-state index < -0.39 is 23.7 Å². The van der Waals surface area contributed by atoms with Crippen molar-refractivity contribution < 1.29 is 19.1 Å². The molecule has 0 saturated heterocycles. The van der Waals surface area contributed by atoms with Crippen molar-refractivity contribution in [3.05, 3.63) is 35.9 Å². The first-order chi connectivity index (χ1) is 10.3. The zero-order valence-corrected chi connectivity index (χ0v) is 14.1. The lowest BCUT2D eigenvalue weighted by atomic mass is 10.2. The van der Waals surface area contributed by atoms with Crippen molar-refractivity contribution >= 4 is 24.7 Å². The number of amides is 1. The van der Waals surface area contributed by atoms with Crippen LogP contribution < -0.4 is 5.32 Å². The molecule has 1 rings (SSSR count). The van der Waals surface area contributed by atoms with Crippen LogP contribution in [0, 0.1) is 0 Å². The average molecular weight is 325 g/mol. The van der Waals surface area contributed by atoms with Gasteiger partial charge >= 0.3 is 12.1 Å². The van der Waals surface area contributed by atoms with Crippen molar-refractivity contribution in [3.63, 3.8) is 0 Å². The molecule has 22 heavy (non-hydrogen) atoms. The molecule has 1 amide bonds. The van der Waals surface area contributed by atoms with Gasteiger partial charge in [-0.05, 0) is 38.5 Å². The molecule has 1 aromatic carbocycles. The zero-order valence-electron chi connectivity index (χ0n) is 13.2. The first-order valence-electron chi connectivity index (χ1n) is 7.13. The predicted molar refractivity (Wildman–Crippen MR) is 87.9 cm³/mol. The first-order valence-corrected chi connectivity index (χ1v) is 7.76. The molecule has 122 valence electrons. The Balaban J connectivity index is 2.54. The van der Waals surface area contributed by atoms with Gasteiger partial charge in [0.1, 0.15) is 18.2 Å². The molecule has 0 fully saturated rings. The van der Waals surface area contributed by atoms with Gasteiger partial charge in [-0.1, -0.05) is 30.3 Å². The summed E-state index contributed by atoms with van der Waals surface area (Å²) in [6, 6.07) is 8.58. The van der Waals surface area contributed by atoms with Gasteiger partial charge in [0.25, 0.3) is 0 Å². The van der Waals surface area contributed by atoms with Crippen LogP contribution in [0.4, 0.5) is 4.79 Å². The van der Waals surface area contributed by atoms with Crippen molar-refractivity contribution in [1.29, 1.82) is 0 Å². The summed E-state index contributed by atoms with van der Waals surface area (Å²) in [5, 5.41) is 2.53. The second-order valence-corrected chi connectivity index (χ2v) is 6.25. The van der Waals surface area contributed by atoms with Crippen molar-refractivity contribution in [2.24, 2.45) is 0 Å². The molecule has 5 nitrogen and oxygen atoms in total. The molecule has 0 aromatic heterocycles. The van der Waals surface area contributed by atoms with E-state index in [2.05, 4.69) is 17.9 Å². The molecule has 0 aliphatic carbocycles. The third-order valence-electron chi connectivity index (χ3n) is 2.62. The molecule has 0 heterocycles. The van der Waals surface area contributed by atoms with E-state index in [1.54, 1.807) is 20.8 Å². The fourth-order valence-electron chi connectivity index (χ4n) is 1.66. The van der Waals surface area contributed by atoms with Crippen LogP contribution >= 0.6 is 12.6 Å². The molecule has 0 saturated carbocycles. The van der Waals surface area contributed by atoms with Gasteiger partial charge in [0, 0.05) is 0 Å². The molecule has 0 unspecified atom stereocenters. The molecule has 0 radical (unpaired) electrons. The molecule has 0 spiro atoms. The number of carbonyl (C=O) groups excluding carboxylic acids is 2. The highest BCUT2D eigenvalue weighted by atomic mass is 32.1. The highest BCUT2D eigenvalue weighted by Gasteiger charge is 2.24. The lowest BCUT2D eigenvalue weighted by molar-refractivity contribution is -0.147. The average Bonchev–Trinajstić information content (AvgIpc) is 2.43. The lowest BCUT2D eigenvalue weighted by Crippen LogP contribution is -2.44. The summed E-state index contributed by atoms with van der Waals surface area (Å²) in [5.41, 5.74) is 0.265. The van der Waals surface area contributed by atoms with Crippen LogP contribution in [-0.4, -0.2) is 29.5 Å². The van der Waals surface area contributed by atoms with E-state index in [9.17, 15) is 9.59 Å². The lowest BCUT2D eigenvalue weighted by Gasteiger charge is -2.22. The first kappa shape index (κ1) is 18.4. The molecular weight excluding hydrogens is 302 g/mol. The molecule has 1 aromatic rings. The molecule has 1 atom stereocenters. The monoisotopic (exact) mass is 325 g/mol. The number of ether oxygens (including phenoxy) is 2. The largest absolute Gasteiger partial charge is 0.459 e. The van der Waals surface area contributed by atoms with Gasteiger partial charge in [-0.2, -0.15) is 12.6 Å². The van der Waals surface area contributed by atoms with Crippen LogP contribution in [0.15, 0.2) is 30.3 Å². The second-order valence-electron chi connectivity index (χ2n) is 5.80. The highest BCUT2D eigenvalue weighted by molar-refractivity contribution is 7.80. The van der Waals surface area contributed by atoms with Crippen LogP contribution in [0.25, 0.3) is 0 Å². The van der Waals surface area contributed by atoms with Crippen molar-refractivity contribution in [3.8, 4) is 0 Å². The number of thiol groups is 1. The van der Waals surface area contributed by atoms with Gasteiger partial charge in [-0.3, -0.25) is 0 Å². The summed E-state index contributed by atoms with van der Waals surface area (Å²) in [4.78, 5) is 23.8. The molecular formula is C16H23NO4S. The van der Waals surface area contributed by atoms with E-state index in [0.29, 0.717) is 12.2 Å². The number of rotatable bonds is 6. The third kappa shape index (κ3) is 7.36. The Labute approximate surface area is 136 Å². The number of nitrogens with one attached hydrogen (secondary N) is 1. The molecule has 6 heteroatoms. The number of hydrogen-bond donors (Lipinski definition) is 2. The fraction of sp³-hybridized carbons (Fsp3) is 0.500. The minimum Gasteiger partial charge on any atom is -0.459 e. The molecule has 0 bridgehead atoms. The fourth-order valence-corrected chi connectivity index (χ4v) is 1.92. The summed E-state index contributed by atoms with van der Waals surface area (Å²) in [6.07, 6.45) is -0.272. The summed E-state index contributed by atoms with van der Waals surface area (Å²) in [5.74, 6) is -0.0512. The quantitative estimate of drug-likeness (QED) is 0.623. The van der Waals surface area contributed by atoms with E-state index in [1.165, 1.54) is 0 Å². The summed E-state index contributed by atoms with van der Waals surface area (Å²) >= 11 is 4.10. The van der Waals surface area contributed by atoms with E-state index in [1.807, 2.05) is 30.3 Å². The zero-order chi connectivity index (χ0) is 16.6. The number of carbonyl (C=O) groups is 2. The van der Waals surface area contributed by atoms with Gasteiger partial charge in [0.2, 0.25) is 0 Å². The minimum atomic E-state index is -0.768. The van der Waals surface area contributed by atoms with Crippen LogP contribution in [0.2, 0.25) is 0 Å². The predicted octanol–water partition coefficient (Wildman–Crippen LogP) is 2.94. The van der Waals surface area contributed by atoms with Gasteiger partial charge in [-0.15, -0.1) is 0 Å². The van der Waals surface area contributed by atoms with Crippen molar-refractivity contribution in [2.45, 2.75) is 45.4 Å². The van der Waals surface area contributed by atoms with Gasteiger partial charge < -0.3 is 14.8 Å². The number of hydrogen-bond acceptors (Lipinski definition) is 5. The molecule has 0 aliphatic rings. The number of alkyl carbamates (subject to hydrolysis) is 1. The smallest absolute Gasteiger partial charge is 0.408 e. The summed E-state index contributed by atoms with van der Waals surface area (Å²) < 4.78 is 10.4. The van der Waals surface area contributed by atoms with Gasteiger partial charge in [0.15, 0.2) is 0 Å². The van der Waals surface area contributed by atoms with E-state index >= 15 is 0 Å². The Bertz CT molecular complexity index is 485. The van der Waals surface area contributed by atoms with Crippen LogP contribution in [-0.2, 0) is 20.9 Å². The minimum absolute atomic E-state index is 0.165. The SMILES string of the molecule is CC(C)(C)OC(=O)N[C@@H](CCS)C(=O)OCc1ccccc1. The maximum absolute atomic E-state index is 12.1. The summed E-state index contributed by atoms with van der Waals surface area (Å²) in [6.45, 7) is 5.44. The maximum atomic E-state index is 12.1. The Morgan fingerprint density at radius 2 is 1.86 bits per heavy atom. The Morgan fingerprint density at radius 3 is 2.41 bits per heavy atom. The van der Waals surface area contributed by atoms with Crippen LogP contribution in [0.1, 0.15) is 32.8 Å². The number of benzene rings is 1. The Hall–Kier alpha value is -1.69. The summed E-state index contributed by atoms with van der Waals surface area (Å²) in [7, 11) is 0. The maximum Gasteiger partial charge on any atom is 0.408 e. The van der Waals surface area contributed by atoms with Crippen molar-refractivity contribution in [2.75, 3.05) is 5.75 Å². The Morgan fingerprint density at radius 1 is 1.23 bits per heavy atom. The van der Waals surface area contributed by atoms with E-state index in [4.69, 9.17) is 9.47 Å².